The maximum absolute atomic E-state index is 12.5. The quantitative estimate of drug-likeness (QED) is 0.0321. The van der Waals surface area contributed by atoms with Crippen LogP contribution in [0.3, 0.4) is 0 Å². The second-order valence-electron chi connectivity index (χ2n) is 19.3. The van der Waals surface area contributed by atoms with Gasteiger partial charge in [-0.3, -0.25) is 9.59 Å². The van der Waals surface area contributed by atoms with Gasteiger partial charge in [-0.1, -0.05) is 257 Å². The van der Waals surface area contributed by atoms with Crippen LogP contribution < -0.4 is 5.32 Å². The molecule has 0 fully saturated rings. The number of allylic oxidation sites excluding steroid dienone is 2. The number of aliphatic hydroxyl groups excluding tert-OH is 2. The molecule has 0 rings (SSSR count). The number of esters is 1. The highest BCUT2D eigenvalue weighted by Crippen LogP contribution is 2.17. The van der Waals surface area contributed by atoms with Crippen LogP contribution in [0.15, 0.2) is 12.2 Å². The number of carbonyl (C=O) groups excluding carboxylic acids is 2. The molecule has 0 spiro atoms. The number of carbonyl (C=O) groups is 2. The SMILES string of the molecule is CCCCCCCCCCCCCCCCCC(O)C(CO)NC(=O)CCCCCCC/C=C\CCCCCCCCCCCOC(=O)CCCCCCCCCCCCCC. The summed E-state index contributed by atoms with van der Waals surface area (Å²) in [6.07, 6.45) is 60.5. The van der Waals surface area contributed by atoms with E-state index in [1.54, 1.807) is 0 Å². The normalized spacial score (nSPS) is 12.6. The third-order valence-electron chi connectivity index (χ3n) is 13.1. The highest BCUT2D eigenvalue weighted by atomic mass is 16.5. The van der Waals surface area contributed by atoms with Crippen molar-refractivity contribution in [2.24, 2.45) is 0 Å². The maximum Gasteiger partial charge on any atom is 0.305 e. The fourth-order valence-corrected chi connectivity index (χ4v) is 8.75. The minimum Gasteiger partial charge on any atom is -0.466 e. The molecule has 6 nitrogen and oxygen atoms in total. The number of hydrogen-bond donors (Lipinski definition) is 3. The molecule has 2 atom stereocenters. The van der Waals surface area contributed by atoms with Crippen LogP contribution in [-0.2, 0) is 14.3 Å². The van der Waals surface area contributed by atoms with Gasteiger partial charge in [-0.25, -0.2) is 0 Å². The number of rotatable bonds is 52. The maximum atomic E-state index is 12.5. The standard InChI is InChI=1S/C56H109NO5/c1-3-5-7-9-11-13-15-17-22-25-28-32-36-40-44-48-54(59)53(52-58)57-55(60)49-45-41-37-33-29-26-23-20-18-19-21-24-27-31-35-39-43-47-51-62-56(61)50-46-42-38-34-30-16-14-12-10-8-6-4-2/h20,23,53-54,58-59H,3-19,21-22,24-52H2,1-2H3,(H,57,60)/b23-20-. The monoisotopic (exact) mass is 876 g/mol. The molecule has 2 unspecified atom stereocenters. The van der Waals surface area contributed by atoms with Crippen molar-refractivity contribution in [1.82, 2.24) is 5.32 Å². The molecule has 0 aromatic carbocycles. The summed E-state index contributed by atoms with van der Waals surface area (Å²) >= 11 is 0. The van der Waals surface area contributed by atoms with E-state index >= 15 is 0 Å². The molecule has 0 aromatic rings. The highest BCUT2D eigenvalue weighted by molar-refractivity contribution is 5.76. The molecule has 3 N–H and O–H groups in total. The number of nitrogens with one attached hydrogen (secondary N) is 1. The fraction of sp³-hybridized carbons (Fsp3) is 0.929. The third kappa shape index (κ3) is 48.1. The number of unbranched alkanes of at least 4 members (excludes halogenated alkanes) is 39. The van der Waals surface area contributed by atoms with Gasteiger partial charge in [-0.2, -0.15) is 0 Å². The molecule has 368 valence electrons. The lowest BCUT2D eigenvalue weighted by Crippen LogP contribution is -2.45. The van der Waals surface area contributed by atoms with E-state index in [1.807, 2.05) is 0 Å². The fourth-order valence-electron chi connectivity index (χ4n) is 8.75. The predicted molar refractivity (Wildman–Crippen MR) is 269 cm³/mol. The van der Waals surface area contributed by atoms with E-state index in [4.69, 9.17) is 4.74 Å². The van der Waals surface area contributed by atoms with Crippen molar-refractivity contribution in [3.8, 4) is 0 Å². The van der Waals surface area contributed by atoms with Crippen LogP contribution in [-0.4, -0.2) is 47.4 Å². The second kappa shape index (κ2) is 52.2. The minimum absolute atomic E-state index is 0.00403. The summed E-state index contributed by atoms with van der Waals surface area (Å²) in [5.41, 5.74) is 0. The Labute approximate surface area is 387 Å². The van der Waals surface area contributed by atoms with E-state index in [0.717, 1.165) is 57.8 Å². The smallest absolute Gasteiger partial charge is 0.305 e. The number of aliphatic hydroxyl groups is 2. The molecule has 6 heteroatoms. The van der Waals surface area contributed by atoms with Gasteiger partial charge >= 0.3 is 5.97 Å². The predicted octanol–water partition coefficient (Wildman–Crippen LogP) is 16.9. The first-order valence-corrected chi connectivity index (χ1v) is 27.9. The number of amides is 1. The van der Waals surface area contributed by atoms with Gasteiger partial charge < -0.3 is 20.3 Å². The summed E-state index contributed by atoms with van der Waals surface area (Å²) < 4.78 is 5.46. The van der Waals surface area contributed by atoms with E-state index < -0.39 is 12.1 Å². The second-order valence-corrected chi connectivity index (χ2v) is 19.3. The zero-order chi connectivity index (χ0) is 45.1. The van der Waals surface area contributed by atoms with Gasteiger partial charge in [0.1, 0.15) is 0 Å². The number of hydrogen-bond acceptors (Lipinski definition) is 5. The Morgan fingerprint density at radius 3 is 1.15 bits per heavy atom. The molecule has 62 heavy (non-hydrogen) atoms. The van der Waals surface area contributed by atoms with Crippen molar-refractivity contribution < 1.29 is 24.5 Å². The molecule has 0 radical (unpaired) electrons. The summed E-state index contributed by atoms with van der Waals surface area (Å²) in [6.45, 7) is 4.95. The van der Waals surface area contributed by atoms with Gasteiger partial charge in [0, 0.05) is 12.8 Å². The molecule has 0 heterocycles. The van der Waals surface area contributed by atoms with E-state index in [-0.39, 0.29) is 18.5 Å². The number of ether oxygens (including phenoxy) is 1. The molecule has 0 saturated carbocycles. The highest BCUT2D eigenvalue weighted by Gasteiger charge is 2.20. The topological polar surface area (TPSA) is 95.9 Å². The average Bonchev–Trinajstić information content (AvgIpc) is 3.27. The summed E-state index contributed by atoms with van der Waals surface area (Å²) in [7, 11) is 0. The molecule has 1 amide bonds. The van der Waals surface area contributed by atoms with Crippen molar-refractivity contribution in [2.45, 2.75) is 321 Å². The van der Waals surface area contributed by atoms with E-state index in [9.17, 15) is 19.8 Å². The summed E-state index contributed by atoms with van der Waals surface area (Å²) in [6, 6.07) is -0.550. The lowest BCUT2D eigenvalue weighted by molar-refractivity contribution is -0.143. The molecule has 0 aliphatic rings. The van der Waals surface area contributed by atoms with Gasteiger partial charge in [0.15, 0.2) is 0 Å². The molecule has 0 aromatic heterocycles. The average molecular weight is 876 g/mol. The van der Waals surface area contributed by atoms with Crippen molar-refractivity contribution in [1.29, 1.82) is 0 Å². The third-order valence-corrected chi connectivity index (χ3v) is 13.1. The van der Waals surface area contributed by atoms with Crippen molar-refractivity contribution >= 4 is 11.9 Å². The van der Waals surface area contributed by atoms with Gasteiger partial charge in [0.25, 0.3) is 0 Å². The van der Waals surface area contributed by atoms with Crippen LogP contribution in [0.1, 0.15) is 309 Å². The van der Waals surface area contributed by atoms with Crippen LogP contribution >= 0.6 is 0 Å². The van der Waals surface area contributed by atoms with Crippen LogP contribution in [0.25, 0.3) is 0 Å². The van der Waals surface area contributed by atoms with E-state index in [1.165, 1.54) is 218 Å². The van der Waals surface area contributed by atoms with Crippen LogP contribution in [0.2, 0.25) is 0 Å². The molecular weight excluding hydrogens is 767 g/mol. The summed E-state index contributed by atoms with van der Waals surface area (Å²) in [4.78, 5) is 24.5. The van der Waals surface area contributed by atoms with Crippen LogP contribution in [0, 0.1) is 0 Å². The summed E-state index contributed by atoms with van der Waals surface area (Å²) in [5.74, 6) is -0.0436. The van der Waals surface area contributed by atoms with Gasteiger partial charge in [0.05, 0.1) is 25.4 Å². The molecule has 0 aliphatic carbocycles. The Bertz CT molecular complexity index is 924. The Morgan fingerprint density at radius 2 is 0.758 bits per heavy atom. The van der Waals surface area contributed by atoms with Crippen molar-refractivity contribution in [3.05, 3.63) is 12.2 Å². The van der Waals surface area contributed by atoms with Gasteiger partial charge in [-0.15, -0.1) is 0 Å². The first-order valence-electron chi connectivity index (χ1n) is 27.9. The van der Waals surface area contributed by atoms with Gasteiger partial charge in [0.2, 0.25) is 5.91 Å². The molecule has 0 bridgehead atoms. The molecular formula is C56H109NO5. The Balaban J connectivity index is 3.44. The lowest BCUT2D eigenvalue weighted by atomic mass is 10.0. The molecule has 0 saturated heterocycles. The van der Waals surface area contributed by atoms with E-state index in [2.05, 4.69) is 31.3 Å². The van der Waals surface area contributed by atoms with Crippen LogP contribution in [0.4, 0.5) is 0 Å². The molecule has 0 aliphatic heterocycles. The Morgan fingerprint density at radius 1 is 0.435 bits per heavy atom. The zero-order valence-electron chi connectivity index (χ0n) is 41.9. The van der Waals surface area contributed by atoms with Crippen molar-refractivity contribution in [3.63, 3.8) is 0 Å². The summed E-state index contributed by atoms with van der Waals surface area (Å²) in [5, 5.41) is 23.2. The lowest BCUT2D eigenvalue weighted by Gasteiger charge is -2.22. The minimum atomic E-state index is -0.671. The first-order chi connectivity index (χ1) is 30.5. The largest absolute Gasteiger partial charge is 0.466 e. The zero-order valence-corrected chi connectivity index (χ0v) is 41.9. The van der Waals surface area contributed by atoms with Gasteiger partial charge in [-0.05, 0) is 51.4 Å². The van der Waals surface area contributed by atoms with E-state index in [0.29, 0.717) is 25.9 Å². The van der Waals surface area contributed by atoms with Crippen molar-refractivity contribution in [2.75, 3.05) is 13.2 Å². The van der Waals surface area contributed by atoms with Crippen LogP contribution in [0.5, 0.6) is 0 Å². The Hall–Kier alpha value is -1.40. The first kappa shape index (κ1) is 60.6. The Kier molecular flexibility index (Phi) is 51.0.